The first-order chi connectivity index (χ1) is 9.63. The van der Waals surface area contributed by atoms with Crippen LogP contribution in [-0.2, 0) is 4.74 Å². The van der Waals surface area contributed by atoms with Crippen molar-refractivity contribution < 1.29 is 19.5 Å². The Bertz CT molecular complexity index is 410. The fraction of sp³-hybridized carbons (Fsp3) is 0.571. The third-order valence-corrected chi connectivity index (χ3v) is 2.70. The lowest BCUT2D eigenvalue weighted by atomic mass is 10.1. The highest BCUT2D eigenvalue weighted by atomic mass is 16.6. The summed E-state index contributed by atoms with van der Waals surface area (Å²) in [5.74, 6) is 0.573. The predicted molar refractivity (Wildman–Crippen MR) is 74.5 cm³/mol. The Labute approximate surface area is 118 Å². The minimum Gasteiger partial charge on any atom is -0.491 e. The Morgan fingerprint density at radius 1 is 1.35 bits per heavy atom. The molecule has 0 saturated heterocycles. The molecule has 1 atom stereocenters. The molecule has 1 aromatic carbocycles. The van der Waals surface area contributed by atoms with Gasteiger partial charge in [0.15, 0.2) is 0 Å². The molecule has 1 N–H and O–H groups in total. The molecule has 0 fully saturated rings. The zero-order chi connectivity index (χ0) is 14.8. The van der Waals surface area contributed by atoms with Gasteiger partial charge in [0.2, 0.25) is 6.54 Å². The molecule has 6 heteroatoms. The first-order valence-corrected chi connectivity index (χ1v) is 6.74. The fourth-order valence-electron chi connectivity index (χ4n) is 1.63. The normalized spacial score (nSPS) is 12.1. The highest BCUT2D eigenvalue weighted by Gasteiger charge is 2.14. The highest BCUT2D eigenvalue weighted by molar-refractivity contribution is 5.29. The summed E-state index contributed by atoms with van der Waals surface area (Å²) in [4.78, 5) is 9.82. The van der Waals surface area contributed by atoms with Gasteiger partial charge in [0, 0.05) is 11.5 Å². The molecule has 0 aromatic heterocycles. The van der Waals surface area contributed by atoms with E-state index in [0.29, 0.717) is 24.5 Å². The maximum atomic E-state index is 10.4. The summed E-state index contributed by atoms with van der Waals surface area (Å²) in [7, 11) is 0. The second-order valence-electron chi connectivity index (χ2n) is 4.42. The second-order valence-corrected chi connectivity index (χ2v) is 4.42. The van der Waals surface area contributed by atoms with E-state index in [1.54, 1.807) is 24.3 Å². The summed E-state index contributed by atoms with van der Waals surface area (Å²) in [6, 6.07) is 6.69. The summed E-state index contributed by atoms with van der Waals surface area (Å²) in [5, 5.41) is 20.0. The number of ether oxygens (including phenoxy) is 2. The molecule has 20 heavy (non-hydrogen) atoms. The van der Waals surface area contributed by atoms with E-state index in [1.807, 2.05) is 0 Å². The molecular formula is C14H21NO5. The van der Waals surface area contributed by atoms with Crippen LogP contribution in [-0.4, -0.2) is 36.4 Å². The number of hydrogen-bond donors (Lipinski definition) is 1. The summed E-state index contributed by atoms with van der Waals surface area (Å²) >= 11 is 0. The third-order valence-electron chi connectivity index (χ3n) is 2.70. The van der Waals surface area contributed by atoms with Crippen molar-refractivity contribution in [1.29, 1.82) is 0 Å². The van der Waals surface area contributed by atoms with Crippen LogP contribution in [0.25, 0.3) is 0 Å². The van der Waals surface area contributed by atoms with E-state index in [-0.39, 0.29) is 0 Å². The first-order valence-electron chi connectivity index (χ1n) is 6.74. The minimum absolute atomic E-state index is 0.415. The van der Waals surface area contributed by atoms with Gasteiger partial charge in [-0.3, -0.25) is 10.1 Å². The van der Waals surface area contributed by atoms with Crippen LogP contribution in [0.5, 0.6) is 5.75 Å². The topological polar surface area (TPSA) is 81.8 Å². The molecule has 0 aliphatic carbocycles. The molecule has 6 nitrogen and oxygen atoms in total. The van der Waals surface area contributed by atoms with Crippen molar-refractivity contribution in [1.82, 2.24) is 0 Å². The van der Waals surface area contributed by atoms with Gasteiger partial charge >= 0.3 is 0 Å². The lowest BCUT2D eigenvalue weighted by Crippen LogP contribution is -2.12. The quantitative estimate of drug-likeness (QED) is 0.404. The van der Waals surface area contributed by atoms with Crippen molar-refractivity contribution in [2.45, 2.75) is 25.9 Å². The van der Waals surface area contributed by atoms with Gasteiger partial charge in [-0.25, -0.2) is 0 Å². The van der Waals surface area contributed by atoms with Crippen molar-refractivity contribution >= 4 is 0 Å². The van der Waals surface area contributed by atoms with E-state index < -0.39 is 17.6 Å². The molecule has 1 rings (SSSR count). The standard InChI is InChI=1S/C14H21NO5/c1-2-3-7-19-8-9-20-13-6-4-5-12(10-13)14(16)11-15(17)18/h4-6,10,14,16H,2-3,7-9,11H2,1H3/t14-/m1/s1. The number of hydrogen-bond acceptors (Lipinski definition) is 5. The van der Waals surface area contributed by atoms with Crippen molar-refractivity contribution in [3.63, 3.8) is 0 Å². The summed E-state index contributed by atoms with van der Waals surface area (Å²) in [6.45, 7) is 3.23. The van der Waals surface area contributed by atoms with E-state index in [9.17, 15) is 15.2 Å². The Morgan fingerprint density at radius 2 is 2.15 bits per heavy atom. The molecule has 0 amide bonds. The highest BCUT2D eigenvalue weighted by Crippen LogP contribution is 2.19. The maximum absolute atomic E-state index is 10.4. The molecule has 1 aromatic rings. The lowest BCUT2D eigenvalue weighted by molar-refractivity contribution is -0.491. The molecule has 0 aliphatic heterocycles. The van der Waals surface area contributed by atoms with Gasteiger partial charge in [0.05, 0.1) is 6.61 Å². The van der Waals surface area contributed by atoms with Crippen LogP contribution in [0.4, 0.5) is 0 Å². The van der Waals surface area contributed by atoms with Gasteiger partial charge in [-0.05, 0) is 24.1 Å². The Hall–Kier alpha value is -1.66. The van der Waals surface area contributed by atoms with Crippen molar-refractivity contribution in [3.8, 4) is 5.75 Å². The average Bonchev–Trinajstić information content (AvgIpc) is 2.42. The molecular weight excluding hydrogens is 262 g/mol. The molecule has 0 heterocycles. The van der Waals surface area contributed by atoms with Crippen LogP contribution in [0, 0.1) is 10.1 Å². The van der Waals surface area contributed by atoms with E-state index in [2.05, 4.69) is 6.92 Å². The van der Waals surface area contributed by atoms with Crippen LogP contribution in [0.1, 0.15) is 31.4 Å². The molecule has 0 saturated carbocycles. The van der Waals surface area contributed by atoms with Gasteiger partial charge < -0.3 is 14.6 Å². The van der Waals surface area contributed by atoms with Gasteiger partial charge in [-0.15, -0.1) is 0 Å². The van der Waals surface area contributed by atoms with Crippen LogP contribution in [0.15, 0.2) is 24.3 Å². The lowest BCUT2D eigenvalue weighted by Gasteiger charge is -2.10. The number of nitro groups is 1. The zero-order valence-corrected chi connectivity index (χ0v) is 11.7. The number of unbranched alkanes of at least 4 members (excludes halogenated alkanes) is 1. The Kier molecular flexibility index (Phi) is 7.60. The van der Waals surface area contributed by atoms with E-state index >= 15 is 0 Å². The first kappa shape index (κ1) is 16.4. The van der Waals surface area contributed by atoms with Crippen LogP contribution in [0.2, 0.25) is 0 Å². The van der Waals surface area contributed by atoms with E-state index in [4.69, 9.17) is 9.47 Å². The largest absolute Gasteiger partial charge is 0.491 e. The molecule has 0 unspecified atom stereocenters. The molecule has 0 spiro atoms. The van der Waals surface area contributed by atoms with Crippen molar-refractivity contribution in [3.05, 3.63) is 39.9 Å². The average molecular weight is 283 g/mol. The second kappa shape index (κ2) is 9.28. The van der Waals surface area contributed by atoms with Crippen molar-refractivity contribution in [2.75, 3.05) is 26.4 Å². The van der Waals surface area contributed by atoms with Gasteiger partial charge in [0.1, 0.15) is 18.5 Å². The van der Waals surface area contributed by atoms with Crippen LogP contribution in [0.3, 0.4) is 0 Å². The predicted octanol–water partition coefficient (Wildman–Crippen LogP) is 2.19. The summed E-state index contributed by atoms with van der Waals surface area (Å²) in [5.41, 5.74) is 0.478. The number of aliphatic hydroxyl groups excluding tert-OH is 1. The van der Waals surface area contributed by atoms with Crippen LogP contribution >= 0.6 is 0 Å². The van der Waals surface area contributed by atoms with Crippen LogP contribution < -0.4 is 4.74 Å². The Balaban J connectivity index is 2.37. The smallest absolute Gasteiger partial charge is 0.233 e. The number of benzene rings is 1. The van der Waals surface area contributed by atoms with E-state index in [0.717, 1.165) is 19.4 Å². The van der Waals surface area contributed by atoms with Gasteiger partial charge in [-0.2, -0.15) is 0 Å². The summed E-state index contributed by atoms with van der Waals surface area (Å²) < 4.78 is 10.8. The molecule has 112 valence electrons. The Morgan fingerprint density at radius 3 is 2.85 bits per heavy atom. The maximum Gasteiger partial charge on any atom is 0.233 e. The number of nitrogens with zero attached hydrogens (tertiary/aromatic N) is 1. The van der Waals surface area contributed by atoms with Crippen molar-refractivity contribution in [2.24, 2.45) is 0 Å². The monoisotopic (exact) mass is 283 g/mol. The number of aliphatic hydroxyl groups is 1. The van der Waals surface area contributed by atoms with Gasteiger partial charge in [0.25, 0.3) is 0 Å². The fourth-order valence-corrected chi connectivity index (χ4v) is 1.63. The minimum atomic E-state index is -1.12. The van der Waals surface area contributed by atoms with E-state index in [1.165, 1.54) is 0 Å². The molecule has 0 radical (unpaired) electrons. The molecule has 0 aliphatic rings. The zero-order valence-electron chi connectivity index (χ0n) is 11.7. The van der Waals surface area contributed by atoms with Gasteiger partial charge in [-0.1, -0.05) is 25.5 Å². The summed E-state index contributed by atoms with van der Waals surface area (Å²) in [6.07, 6.45) is 1.01. The molecule has 0 bridgehead atoms. The third kappa shape index (κ3) is 6.49. The SMILES string of the molecule is CCCCOCCOc1cccc([C@H](O)C[N+](=O)[O-])c1. The number of rotatable bonds is 10.